The van der Waals surface area contributed by atoms with Crippen molar-refractivity contribution in [3.8, 4) is 5.75 Å². The number of fused-ring (bicyclic) bond motifs is 2. The Hall–Kier alpha value is -3.88. The van der Waals surface area contributed by atoms with Crippen LogP contribution in [-0.4, -0.2) is 51.2 Å². The molecule has 0 spiro atoms. The number of anilines is 1. The molecule has 3 aliphatic rings. The van der Waals surface area contributed by atoms with Crippen LogP contribution in [0.1, 0.15) is 28.9 Å². The number of likely N-dealkylation sites (tertiary alicyclic amines) is 1. The highest BCUT2D eigenvalue weighted by Crippen LogP contribution is 2.37. The predicted molar refractivity (Wildman–Crippen MR) is 116 cm³/mol. The van der Waals surface area contributed by atoms with Gasteiger partial charge in [-0.05, 0) is 43.2 Å². The molecule has 9 nitrogen and oxygen atoms in total. The molecule has 31 heavy (non-hydrogen) atoms. The minimum absolute atomic E-state index is 0.0512. The van der Waals surface area contributed by atoms with Gasteiger partial charge in [0.2, 0.25) is 0 Å². The highest BCUT2D eigenvalue weighted by Gasteiger charge is 2.41. The van der Waals surface area contributed by atoms with Crippen LogP contribution in [0.5, 0.6) is 5.75 Å². The van der Waals surface area contributed by atoms with Crippen molar-refractivity contribution in [1.29, 1.82) is 0 Å². The predicted octanol–water partition coefficient (Wildman–Crippen LogP) is 1.42. The van der Waals surface area contributed by atoms with E-state index in [4.69, 9.17) is 10.8 Å². The molecule has 1 aromatic heterocycles. The number of piperazine rings is 1. The molecular weight excluding hydrogens is 396 g/mol. The van der Waals surface area contributed by atoms with Gasteiger partial charge < -0.3 is 25.7 Å². The van der Waals surface area contributed by atoms with Crippen LogP contribution in [0.25, 0.3) is 5.70 Å². The number of hydrazine groups is 1. The van der Waals surface area contributed by atoms with E-state index in [1.54, 1.807) is 24.4 Å². The van der Waals surface area contributed by atoms with Crippen LogP contribution in [0.4, 0.5) is 5.69 Å². The third-order valence-electron chi connectivity index (χ3n) is 6.17. The number of carbonyl (C=O) groups is 1. The van der Waals surface area contributed by atoms with Crippen molar-refractivity contribution in [2.24, 2.45) is 5.73 Å². The lowest BCUT2D eigenvalue weighted by atomic mass is 10.1. The van der Waals surface area contributed by atoms with E-state index in [-0.39, 0.29) is 23.5 Å². The van der Waals surface area contributed by atoms with Crippen molar-refractivity contribution in [2.75, 3.05) is 18.0 Å². The molecule has 1 aromatic carbocycles. The number of nitrogens with two attached hydrogens (primary N) is 1. The Morgan fingerprint density at radius 2 is 1.84 bits per heavy atom. The van der Waals surface area contributed by atoms with Gasteiger partial charge in [0.1, 0.15) is 17.3 Å². The second-order valence-corrected chi connectivity index (χ2v) is 8.03. The lowest BCUT2D eigenvalue weighted by Gasteiger charge is -2.44. The zero-order valence-electron chi connectivity index (χ0n) is 16.8. The normalized spacial score (nSPS) is 22.6. The topological polar surface area (TPSA) is 127 Å². The van der Waals surface area contributed by atoms with Crippen molar-refractivity contribution >= 4 is 17.4 Å². The summed E-state index contributed by atoms with van der Waals surface area (Å²) in [6, 6.07) is 11.1. The van der Waals surface area contributed by atoms with E-state index < -0.39 is 5.97 Å². The summed E-state index contributed by atoms with van der Waals surface area (Å²) in [7, 11) is 0. The summed E-state index contributed by atoms with van der Waals surface area (Å²) in [5.41, 5.74) is 15.7. The molecule has 2 fully saturated rings. The molecular formula is C22H24N6O3. The van der Waals surface area contributed by atoms with E-state index in [1.807, 2.05) is 24.3 Å². The number of hydrogen-bond acceptors (Lipinski definition) is 8. The van der Waals surface area contributed by atoms with Crippen LogP contribution < -0.4 is 21.5 Å². The summed E-state index contributed by atoms with van der Waals surface area (Å²) in [6.07, 6.45) is 5.73. The summed E-state index contributed by atoms with van der Waals surface area (Å²) in [4.78, 5) is 19.8. The number of nitrogens with zero attached hydrogens (tertiary/aromatic N) is 3. The van der Waals surface area contributed by atoms with Crippen LogP contribution in [0.2, 0.25) is 0 Å². The van der Waals surface area contributed by atoms with Crippen LogP contribution in [0, 0.1) is 0 Å². The minimum Gasteiger partial charge on any atom is -0.507 e. The van der Waals surface area contributed by atoms with Gasteiger partial charge in [-0.25, -0.2) is 9.78 Å². The first kappa shape index (κ1) is 19.1. The van der Waals surface area contributed by atoms with E-state index in [2.05, 4.69) is 25.6 Å². The average molecular weight is 420 g/mol. The minimum atomic E-state index is -1.02. The first-order chi connectivity index (χ1) is 15.0. The lowest BCUT2D eigenvalue weighted by molar-refractivity contribution is 0.0690. The summed E-state index contributed by atoms with van der Waals surface area (Å²) >= 11 is 0. The highest BCUT2D eigenvalue weighted by molar-refractivity contribution is 5.85. The van der Waals surface area contributed by atoms with Crippen molar-refractivity contribution in [1.82, 2.24) is 20.7 Å². The number of aromatic hydroxyl groups is 1. The van der Waals surface area contributed by atoms with E-state index >= 15 is 0 Å². The number of phenols is 1. The van der Waals surface area contributed by atoms with E-state index in [0.717, 1.165) is 43.0 Å². The second-order valence-electron chi connectivity index (χ2n) is 8.03. The molecule has 2 unspecified atom stereocenters. The molecule has 2 atom stereocenters. The van der Waals surface area contributed by atoms with Gasteiger partial charge in [0, 0.05) is 30.7 Å². The number of phenolic OH excluding ortho intramolecular Hbond substituents is 1. The fourth-order valence-corrected chi connectivity index (χ4v) is 4.74. The Balaban J connectivity index is 1.39. The first-order valence-electron chi connectivity index (χ1n) is 10.3. The zero-order chi connectivity index (χ0) is 21.5. The molecule has 0 aliphatic carbocycles. The fourth-order valence-electron chi connectivity index (χ4n) is 4.74. The maximum atomic E-state index is 11.1. The quantitative estimate of drug-likeness (QED) is 0.499. The van der Waals surface area contributed by atoms with Gasteiger partial charge in [0.05, 0.1) is 23.3 Å². The third-order valence-corrected chi connectivity index (χ3v) is 6.17. The molecule has 0 radical (unpaired) electrons. The van der Waals surface area contributed by atoms with Crippen LogP contribution in [0.15, 0.2) is 60.2 Å². The number of aromatic carboxylic acids is 1. The smallest absolute Gasteiger partial charge is 0.354 e. The fraction of sp³-hybridized carbons (Fsp3) is 0.273. The van der Waals surface area contributed by atoms with Gasteiger partial charge in [-0.2, -0.15) is 0 Å². The van der Waals surface area contributed by atoms with Gasteiger partial charge >= 0.3 is 5.97 Å². The molecule has 0 amide bonds. The second kappa shape index (κ2) is 7.42. The molecule has 9 heteroatoms. The van der Waals surface area contributed by atoms with Crippen LogP contribution in [-0.2, 0) is 0 Å². The maximum absolute atomic E-state index is 11.1. The lowest BCUT2D eigenvalue weighted by Crippen LogP contribution is -2.54. The van der Waals surface area contributed by atoms with Gasteiger partial charge in [-0.3, -0.25) is 10.9 Å². The number of benzene rings is 1. The molecule has 0 saturated carbocycles. The zero-order valence-corrected chi connectivity index (χ0v) is 16.8. The molecule has 6 N–H and O–H groups in total. The Morgan fingerprint density at radius 3 is 2.48 bits per heavy atom. The molecule has 2 saturated heterocycles. The van der Waals surface area contributed by atoms with E-state index in [1.165, 1.54) is 0 Å². The number of carboxylic acid groups (broad SMARTS) is 1. The SMILES string of the molecule is NC1=C(N2CC3CCC(C2)N3c2ccc(C(=O)O)nc2)C=C(c2ccccc2O)NN1. The van der Waals surface area contributed by atoms with Gasteiger partial charge in [0.25, 0.3) is 0 Å². The van der Waals surface area contributed by atoms with Gasteiger partial charge in [0.15, 0.2) is 0 Å². The number of rotatable bonds is 4. The van der Waals surface area contributed by atoms with Crippen molar-refractivity contribution in [3.05, 3.63) is 71.4 Å². The molecule has 4 heterocycles. The molecule has 160 valence electrons. The third kappa shape index (κ3) is 3.37. The summed E-state index contributed by atoms with van der Waals surface area (Å²) in [5.74, 6) is -0.281. The average Bonchev–Trinajstić information content (AvgIpc) is 3.04. The van der Waals surface area contributed by atoms with Crippen molar-refractivity contribution < 1.29 is 15.0 Å². The number of aromatic nitrogens is 1. The Morgan fingerprint density at radius 1 is 1.10 bits per heavy atom. The van der Waals surface area contributed by atoms with Crippen LogP contribution in [0.3, 0.4) is 0 Å². The molecule has 2 aromatic rings. The maximum Gasteiger partial charge on any atom is 0.354 e. The summed E-state index contributed by atoms with van der Waals surface area (Å²) < 4.78 is 0. The first-order valence-corrected chi connectivity index (χ1v) is 10.3. The van der Waals surface area contributed by atoms with E-state index in [9.17, 15) is 9.90 Å². The highest BCUT2D eigenvalue weighted by atomic mass is 16.4. The van der Waals surface area contributed by atoms with Crippen LogP contribution >= 0.6 is 0 Å². The number of nitrogens with one attached hydrogen (secondary N) is 2. The number of pyridine rings is 1. The Labute approximate surface area is 179 Å². The standard InChI is InChI=1S/C22H24N6O3/c23-21-19(9-18(25-26-21)16-3-1-2-4-20(16)29)27-11-14-5-6-15(12-27)28(14)13-7-8-17(22(30)31)24-10-13/h1-4,7-10,14-15,25-26,29H,5-6,11-12,23H2,(H,30,31). The molecule has 5 rings (SSSR count). The Bertz CT molecular complexity index is 1070. The number of para-hydroxylation sites is 1. The molecule has 3 aliphatic heterocycles. The summed E-state index contributed by atoms with van der Waals surface area (Å²) in [5, 5.41) is 19.3. The number of allylic oxidation sites excluding steroid dienone is 1. The van der Waals surface area contributed by atoms with E-state index in [0.29, 0.717) is 11.4 Å². The number of hydrogen-bond donors (Lipinski definition) is 5. The number of carboxylic acids is 1. The largest absolute Gasteiger partial charge is 0.507 e. The van der Waals surface area contributed by atoms with Crippen molar-refractivity contribution in [3.63, 3.8) is 0 Å². The van der Waals surface area contributed by atoms with Gasteiger partial charge in [-0.15, -0.1) is 0 Å². The van der Waals surface area contributed by atoms with Gasteiger partial charge in [-0.1, -0.05) is 12.1 Å². The Kier molecular flexibility index (Phi) is 4.58. The van der Waals surface area contributed by atoms with Crippen molar-refractivity contribution in [2.45, 2.75) is 24.9 Å². The summed E-state index contributed by atoms with van der Waals surface area (Å²) in [6.45, 7) is 1.58. The monoisotopic (exact) mass is 420 g/mol. The molecule has 2 bridgehead atoms.